The topological polar surface area (TPSA) is 54.2 Å². The molecule has 1 aliphatic heterocycles. The largest absolute Gasteiger partial charge is 0.336 e. The van der Waals surface area contributed by atoms with E-state index >= 15 is 0 Å². The van der Waals surface area contributed by atoms with Gasteiger partial charge in [0.1, 0.15) is 0 Å². The minimum Gasteiger partial charge on any atom is -0.336 e. The maximum atomic E-state index is 5.03. The van der Waals surface area contributed by atoms with Crippen molar-refractivity contribution in [2.24, 2.45) is 0 Å². The quantitative estimate of drug-likeness (QED) is 0.789. The summed E-state index contributed by atoms with van der Waals surface area (Å²) in [5.74, 6) is 0.763. The molecule has 2 heterocycles. The summed E-state index contributed by atoms with van der Waals surface area (Å²) < 4.78 is 5.03. The van der Waals surface area contributed by atoms with Crippen molar-refractivity contribution in [1.29, 1.82) is 0 Å². The maximum Gasteiger partial charge on any atom is 0.321 e. The molecule has 2 rings (SSSR count). The molecule has 1 aromatic rings. The minimum atomic E-state index is 0.547. The van der Waals surface area contributed by atoms with E-state index < -0.39 is 0 Å². The standard InChI is InChI=1S/C10H18N4O/c1-2-9-12-10(15-13-9)11-5-8-14-6-3-4-7-14/h2-8H2,1H3,(H,11,12,13). The second-order valence-electron chi connectivity index (χ2n) is 3.84. The van der Waals surface area contributed by atoms with Crippen LogP contribution in [-0.4, -0.2) is 41.2 Å². The molecule has 0 radical (unpaired) electrons. The second kappa shape index (κ2) is 5.11. The third-order valence-electron chi connectivity index (χ3n) is 2.69. The van der Waals surface area contributed by atoms with E-state index in [2.05, 4.69) is 20.4 Å². The summed E-state index contributed by atoms with van der Waals surface area (Å²) in [4.78, 5) is 6.63. The van der Waals surface area contributed by atoms with E-state index in [0.29, 0.717) is 6.01 Å². The first-order valence-electron chi connectivity index (χ1n) is 5.67. The van der Waals surface area contributed by atoms with Crippen LogP contribution in [0, 0.1) is 0 Å². The number of rotatable bonds is 5. The van der Waals surface area contributed by atoms with Crippen LogP contribution in [0.25, 0.3) is 0 Å². The Balaban J connectivity index is 1.68. The molecular weight excluding hydrogens is 192 g/mol. The van der Waals surface area contributed by atoms with Gasteiger partial charge in [0.15, 0.2) is 5.82 Å². The van der Waals surface area contributed by atoms with Crippen molar-refractivity contribution in [3.63, 3.8) is 0 Å². The molecule has 0 bridgehead atoms. The predicted molar refractivity (Wildman–Crippen MR) is 57.8 cm³/mol. The monoisotopic (exact) mass is 210 g/mol. The Hall–Kier alpha value is -1.10. The summed E-state index contributed by atoms with van der Waals surface area (Å²) in [6, 6.07) is 0.547. The fraction of sp³-hybridized carbons (Fsp3) is 0.800. The Morgan fingerprint density at radius 3 is 2.87 bits per heavy atom. The number of nitrogens with one attached hydrogen (secondary N) is 1. The van der Waals surface area contributed by atoms with Crippen LogP contribution in [0.15, 0.2) is 4.52 Å². The highest BCUT2D eigenvalue weighted by molar-refractivity contribution is 5.17. The van der Waals surface area contributed by atoms with Crippen molar-refractivity contribution in [3.8, 4) is 0 Å². The van der Waals surface area contributed by atoms with Crippen molar-refractivity contribution in [1.82, 2.24) is 15.0 Å². The SMILES string of the molecule is CCc1noc(NCCN2CCCC2)n1. The molecular formula is C10H18N4O. The van der Waals surface area contributed by atoms with Crippen molar-refractivity contribution in [2.75, 3.05) is 31.5 Å². The van der Waals surface area contributed by atoms with Gasteiger partial charge in [-0.05, 0) is 25.9 Å². The van der Waals surface area contributed by atoms with Gasteiger partial charge in [-0.3, -0.25) is 0 Å². The molecule has 1 N–H and O–H groups in total. The van der Waals surface area contributed by atoms with E-state index in [1.54, 1.807) is 0 Å². The van der Waals surface area contributed by atoms with E-state index in [1.165, 1.54) is 25.9 Å². The zero-order valence-corrected chi connectivity index (χ0v) is 9.20. The van der Waals surface area contributed by atoms with Crippen LogP contribution in [0.4, 0.5) is 6.01 Å². The van der Waals surface area contributed by atoms with E-state index in [4.69, 9.17) is 4.52 Å². The highest BCUT2D eigenvalue weighted by Gasteiger charge is 2.11. The van der Waals surface area contributed by atoms with Crippen LogP contribution in [-0.2, 0) is 6.42 Å². The van der Waals surface area contributed by atoms with Crippen molar-refractivity contribution in [3.05, 3.63) is 5.82 Å². The molecule has 1 saturated heterocycles. The molecule has 5 nitrogen and oxygen atoms in total. The Bertz CT molecular complexity index is 293. The van der Waals surface area contributed by atoms with Gasteiger partial charge in [0.25, 0.3) is 0 Å². The van der Waals surface area contributed by atoms with Gasteiger partial charge in [0.2, 0.25) is 0 Å². The van der Waals surface area contributed by atoms with Crippen LogP contribution < -0.4 is 5.32 Å². The zero-order chi connectivity index (χ0) is 10.5. The molecule has 0 unspecified atom stereocenters. The van der Waals surface area contributed by atoms with Gasteiger partial charge in [0.05, 0.1) is 0 Å². The highest BCUT2D eigenvalue weighted by atomic mass is 16.5. The summed E-state index contributed by atoms with van der Waals surface area (Å²) in [7, 11) is 0. The van der Waals surface area contributed by atoms with Crippen LogP contribution >= 0.6 is 0 Å². The van der Waals surface area contributed by atoms with Gasteiger partial charge in [0, 0.05) is 19.5 Å². The van der Waals surface area contributed by atoms with Gasteiger partial charge in [-0.2, -0.15) is 4.98 Å². The van der Waals surface area contributed by atoms with Gasteiger partial charge in [-0.25, -0.2) is 0 Å². The number of aryl methyl sites for hydroxylation is 1. The maximum absolute atomic E-state index is 5.03. The average molecular weight is 210 g/mol. The predicted octanol–water partition coefficient (Wildman–Crippen LogP) is 1.14. The molecule has 15 heavy (non-hydrogen) atoms. The number of likely N-dealkylation sites (tertiary alicyclic amines) is 1. The first-order valence-corrected chi connectivity index (χ1v) is 5.67. The summed E-state index contributed by atoms with van der Waals surface area (Å²) >= 11 is 0. The summed E-state index contributed by atoms with van der Waals surface area (Å²) in [5, 5.41) is 6.97. The normalized spacial score (nSPS) is 17.1. The van der Waals surface area contributed by atoms with Gasteiger partial charge >= 0.3 is 6.01 Å². The fourth-order valence-corrected chi connectivity index (χ4v) is 1.80. The number of aromatic nitrogens is 2. The van der Waals surface area contributed by atoms with Crippen molar-refractivity contribution >= 4 is 6.01 Å². The summed E-state index contributed by atoms with van der Waals surface area (Å²) in [6.07, 6.45) is 3.48. The van der Waals surface area contributed by atoms with Gasteiger partial charge < -0.3 is 14.7 Å². The van der Waals surface area contributed by atoms with Gasteiger partial charge in [-0.15, -0.1) is 0 Å². The van der Waals surface area contributed by atoms with Crippen LogP contribution in [0.5, 0.6) is 0 Å². The lowest BCUT2D eigenvalue weighted by Crippen LogP contribution is -2.26. The van der Waals surface area contributed by atoms with Crippen molar-refractivity contribution in [2.45, 2.75) is 26.2 Å². The first kappa shape index (κ1) is 10.4. The number of nitrogens with zero attached hydrogens (tertiary/aromatic N) is 3. The van der Waals surface area contributed by atoms with Crippen LogP contribution in [0.3, 0.4) is 0 Å². The summed E-state index contributed by atoms with van der Waals surface area (Å²) in [6.45, 7) is 6.41. The Labute approximate surface area is 89.8 Å². The third kappa shape index (κ3) is 2.92. The lowest BCUT2D eigenvalue weighted by Gasteiger charge is -2.13. The van der Waals surface area contributed by atoms with Crippen LogP contribution in [0.2, 0.25) is 0 Å². The molecule has 0 aromatic carbocycles. The van der Waals surface area contributed by atoms with Crippen LogP contribution in [0.1, 0.15) is 25.6 Å². The van der Waals surface area contributed by atoms with Gasteiger partial charge in [-0.1, -0.05) is 12.1 Å². The van der Waals surface area contributed by atoms with E-state index in [0.717, 1.165) is 25.3 Å². The first-order chi connectivity index (χ1) is 7.38. The summed E-state index contributed by atoms with van der Waals surface area (Å²) in [5.41, 5.74) is 0. The Kier molecular flexibility index (Phi) is 3.55. The molecule has 1 aliphatic rings. The Morgan fingerprint density at radius 1 is 1.40 bits per heavy atom. The molecule has 0 saturated carbocycles. The number of anilines is 1. The molecule has 1 aromatic heterocycles. The fourth-order valence-electron chi connectivity index (χ4n) is 1.80. The average Bonchev–Trinajstić information content (AvgIpc) is 2.88. The number of hydrogen-bond acceptors (Lipinski definition) is 5. The Morgan fingerprint density at radius 2 is 2.20 bits per heavy atom. The molecule has 0 atom stereocenters. The molecule has 0 spiro atoms. The molecule has 84 valence electrons. The zero-order valence-electron chi connectivity index (χ0n) is 9.20. The number of hydrogen-bond donors (Lipinski definition) is 1. The van der Waals surface area contributed by atoms with E-state index in [9.17, 15) is 0 Å². The minimum absolute atomic E-state index is 0.547. The second-order valence-corrected chi connectivity index (χ2v) is 3.84. The van der Waals surface area contributed by atoms with E-state index in [-0.39, 0.29) is 0 Å². The van der Waals surface area contributed by atoms with E-state index in [1.807, 2.05) is 6.92 Å². The molecule has 0 aliphatic carbocycles. The smallest absolute Gasteiger partial charge is 0.321 e. The third-order valence-corrected chi connectivity index (χ3v) is 2.69. The van der Waals surface area contributed by atoms with Crippen molar-refractivity contribution < 1.29 is 4.52 Å². The molecule has 5 heteroatoms. The molecule has 1 fully saturated rings. The highest BCUT2D eigenvalue weighted by Crippen LogP contribution is 2.07. The molecule has 0 amide bonds. The lowest BCUT2D eigenvalue weighted by atomic mass is 10.4. The lowest BCUT2D eigenvalue weighted by molar-refractivity contribution is 0.349.